The van der Waals surface area contributed by atoms with Crippen LogP contribution < -0.4 is 15.8 Å². The Morgan fingerprint density at radius 3 is 2.67 bits per heavy atom. The summed E-state index contributed by atoms with van der Waals surface area (Å²) in [6.45, 7) is 4.04. The quantitative estimate of drug-likeness (QED) is 0.845. The van der Waals surface area contributed by atoms with Gasteiger partial charge in [0, 0.05) is 12.2 Å². The maximum absolute atomic E-state index is 12.9. The molecule has 3 rings (SSSR count). The fourth-order valence-electron chi connectivity index (χ4n) is 2.70. The van der Waals surface area contributed by atoms with Crippen molar-refractivity contribution in [3.8, 4) is 0 Å². The maximum atomic E-state index is 12.9. The first-order valence-corrected chi connectivity index (χ1v) is 9.42. The van der Waals surface area contributed by atoms with Crippen LogP contribution in [0.1, 0.15) is 13.8 Å². The number of aromatic nitrogens is 2. The smallest absolute Gasteiger partial charge is 0.292 e. The molecule has 0 atom stereocenters. The van der Waals surface area contributed by atoms with E-state index >= 15 is 0 Å². The Kier molecular flexibility index (Phi) is 5.59. The van der Waals surface area contributed by atoms with Crippen molar-refractivity contribution in [2.75, 3.05) is 22.5 Å². The highest BCUT2D eigenvalue weighted by Gasteiger charge is 2.29. The Labute approximate surface area is 159 Å². The molecule has 0 spiro atoms. The molecule has 1 N–H and O–H groups in total. The van der Waals surface area contributed by atoms with Crippen LogP contribution in [0.2, 0.25) is 0 Å². The number of nitrogens with one attached hydrogen (secondary N) is 1. The molecular weight excluding hydrogens is 371 g/mol. The molecule has 27 heavy (non-hydrogen) atoms. The van der Waals surface area contributed by atoms with Gasteiger partial charge in [-0.3, -0.25) is 14.4 Å². The lowest BCUT2D eigenvalue weighted by Gasteiger charge is -2.29. The number of fused-ring (bicyclic) bond motifs is 1. The summed E-state index contributed by atoms with van der Waals surface area (Å²) in [7, 11) is 0. The number of benzene rings is 1. The molecule has 0 aliphatic carbocycles. The summed E-state index contributed by atoms with van der Waals surface area (Å²) in [5.41, 5.74) is 0.206. The lowest BCUT2D eigenvalue weighted by molar-refractivity contribution is -0.117. The predicted molar refractivity (Wildman–Crippen MR) is 101 cm³/mol. The van der Waals surface area contributed by atoms with Gasteiger partial charge in [-0.2, -0.15) is 5.10 Å². The Morgan fingerprint density at radius 2 is 2.00 bits per heavy atom. The molecule has 0 bridgehead atoms. The van der Waals surface area contributed by atoms with Crippen LogP contribution in [0.5, 0.6) is 0 Å². The number of carbonyl (C=O) groups excluding carboxylic acids is 2. The average Bonchev–Trinajstić information content (AvgIpc) is 2.61. The lowest BCUT2D eigenvalue weighted by Crippen LogP contribution is -2.44. The fourth-order valence-corrected chi connectivity index (χ4v) is 3.59. The van der Waals surface area contributed by atoms with E-state index in [9.17, 15) is 18.8 Å². The summed E-state index contributed by atoms with van der Waals surface area (Å²) >= 11 is 1.27. The Balaban J connectivity index is 1.84. The summed E-state index contributed by atoms with van der Waals surface area (Å²) in [4.78, 5) is 39.5. The molecule has 1 aliphatic rings. The third-order valence-electron chi connectivity index (χ3n) is 3.88. The van der Waals surface area contributed by atoms with Crippen LogP contribution in [-0.4, -0.2) is 33.9 Å². The summed E-state index contributed by atoms with van der Waals surface area (Å²) in [6.07, 6.45) is 1.51. The molecule has 1 aliphatic heterocycles. The fraction of sp³-hybridized carbons (Fsp3) is 0.333. The van der Waals surface area contributed by atoms with Gasteiger partial charge in [0.15, 0.2) is 0 Å². The van der Waals surface area contributed by atoms with E-state index in [1.165, 1.54) is 47.1 Å². The van der Waals surface area contributed by atoms with Crippen molar-refractivity contribution in [2.24, 2.45) is 5.92 Å². The van der Waals surface area contributed by atoms with Crippen LogP contribution >= 0.6 is 11.8 Å². The van der Waals surface area contributed by atoms with Gasteiger partial charge in [-0.05, 0) is 30.2 Å². The molecule has 9 heteroatoms. The first-order chi connectivity index (χ1) is 12.8. The molecule has 142 valence electrons. The normalized spacial score (nSPS) is 13.6. The molecule has 0 fully saturated rings. The lowest BCUT2D eigenvalue weighted by atomic mass is 10.2. The number of anilines is 2. The van der Waals surface area contributed by atoms with Gasteiger partial charge < -0.3 is 10.2 Å². The van der Waals surface area contributed by atoms with Crippen molar-refractivity contribution >= 4 is 35.0 Å². The molecule has 2 heterocycles. The number of rotatable bonds is 5. The summed E-state index contributed by atoms with van der Waals surface area (Å²) < 4.78 is 14.0. The SMILES string of the molecule is CC(C)CN1C(=O)CSc2cnn(CC(=O)Nc3ccc(F)cc3)c(=O)c21. The molecule has 0 saturated carbocycles. The van der Waals surface area contributed by atoms with Crippen molar-refractivity contribution in [2.45, 2.75) is 25.3 Å². The van der Waals surface area contributed by atoms with Crippen LogP contribution in [0, 0.1) is 11.7 Å². The standard InChI is InChI=1S/C18H19FN4O3S/c1-11(2)8-22-16(25)10-27-14-7-20-23(18(26)17(14)22)9-15(24)21-13-5-3-12(19)4-6-13/h3-7,11H,8-10H2,1-2H3,(H,21,24). The van der Waals surface area contributed by atoms with Gasteiger partial charge in [0.1, 0.15) is 18.0 Å². The molecular formula is C18H19FN4O3S. The van der Waals surface area contributed by atoms with Crippen molar-refractivity contribution in [3.63, 3.8) is 0 Å². The second-order valence-electron chi connectivity index (χ2n) is 6.56. The molecule has 0 saturated heterocycles. The van der Waals surface area contributed by atoms with Crippen molar-refractivity contribution < 1.29 is 14.0 Å². The maximum Gasteiger partial charge on any atom is 0.292 e. The Hall–Kier alpha value is -2.68. The van der Waals surface area contributed by atoms with E-state index in [0.29, 0.717) is 17.1 Å². The van der Waals surface area contributed by atoms with Crippen LogP contribution in [0.3, 0.4) is 0 Å². The van der Waals surface area contributed by atoms with E-state index in [4.69, 9.17) is 0 Å². The zero-order valence-corrected chi connectivity index (χ0v) is 15.8. The number of hydrogen-bond acceptors (Lipinski definition) is 5. The third kappa shape index (κ3) is 4.36. The summed E-state index contributed by atoms with van der Waals surface area (Å²) in [5.74, 6) is -0.565. The third-order valence-corrected chi connectivity index (χ3v) is 4.88. The van der Waals surface area contributed by atoms with Crippen molar-refractivity contribution in [1.82, 2.24) is 9.78 Å². The summed E-state index contributed by atoms with van der Waals surface area (Å²) in [6, 6.07) is 5.31. The number of amides is 2. The van der Waals surface area contributed by atoms with E-state index in [-0.39, 0.29) is 29.8 Å². The highest BCUT2D eigenvalue weighted by molar-refractivity contribution is 8.00. The minimum atomic E-state index is -0.483. The first kappa shape index (κ1) is 19.1. The van der Waals surface area contributed by atoms with Crippen molar-refractivity contribution in [3.05, 3.63) is 46.6 Å². The minimum Gasteiger partial charge on any atom is -0.324 e. The van der Waals surface area contributed by atoms with Gasteiger partial charge >= 0.3 is 0 Å². The molecule has 0 unspecified atom stereocenters. The average molecular weight is 390 g/mol. The van der Waals surface area contributed by atoms with E-state index in [2.05, 4.69) is 10.4 Å². The zero-order valence-electron chi connectivity index (χ0n) is 14.9. The highest BCUT2D eigenvalue weighted by Crippen LogP contribution is 2.32. The summed E-state index contributed by atoms with van der Waals surface area (Å²) in [5, 5.41) is 6.64. The minimum absolute atomic E-state index is 0.133. The molecule has 2 amide bonds. The van der Waals surface area contributed by atoms with E-state index in [1.807, 2.05) is 13.8 Å². The largest absolute Gasteiger partial charge is 0.324 e. The Bertz CT molecular complexity index is 927. The number of nitrogens with zero attached hydrogens (tertiary/aromatic N) is 3. The zero-order chi connectivity index (χ0) is 19.6. The molecule has 1 aromatic carbocycles. The number of thioether (sulfide) groups is 1. The van der Waals surface area contributed by atoms with Crippen molar-refractivity contribution in [1.29, 1.82) is 0 Å². The molecule has 2 aromatic rings. The van der Waals surface area contributed by atoms with Crippen LogP contribution in [0.4, 0.5) is 15.8 Å². The molecule has 0 radical (unpaired) electrons. The second-order valence-corrected chi connectivity index (χ2v) is 7.58. The highest BCUT2D eigenvalue weighted by atomic mass is 32.2. The number of hydrogen-bond donors (Lipinski definition) is 1. The number of halogens is 1. The van der Waals surface area contributed by atoms with E-state index < -0.39 is 17.3 Å². The topological polar surface area (TPSA) is 84.3 Å². The second kappa shape index (κ2) is 7.91. The monoisotopic (exact) mass is 390 g/mol. The predicted octanol–water partition coefficient (Wildman–Crippen LogP) is 2.12. The van der Waals surface area contributed by atoms with Gasteiger partial charge in [-0.15, -0.1) is 11.8 Å². The van der Waals surface area contributed by atoms with Gasteiger partial charge in [0.25, 0.3) is 5.56 Å². The van der Waals surface area contributed by atoms with Crippen LogP contribution in [-0.2, 0) is 16.1 Å². The Morgan fingerprint density at radius 1 is 1.30 bits per heavy atom. The number of carbonyl (C=O) groups is 2. The van der Waals surface area contributed by atoms with E-state index in [0.717, 1.165) is 4.68 Å². The molecule has 1 aromatic heterocycles. The van der Waals surface area contributed by atoms with Gasteiger partial charge in [-0.1, -0.05) is 13.8 Å². The van der Waals surface area contributed by atoms with Gasteiger partial charge in [-0.25, -0.2) is 9.07 Å². The first-order valence-electron chi connectivity index (χ1n) is 8.44. The van der Waals surface area contributed by atoms with E-state index in [1.54, 1.807) is 0 Å². The van der Waals surface area contributed by atoms with Crippen LogP contribution in [0.25, 0.3) is 0 Å². The molecule has 7 nitrogen and oxygen atoms in total. The van der Waals surface area contributed by atoms with Gasteiger partial charge in [0.05, 0.1) is 16.8 Å². The van der Waals surface area contributed by atoms with Gasteiger partial charge in [0.2, 0.25) is 11.8 Å². The van der Waals surface area contributed by atoms with Crippen LogP contribution in [0.15, 0.2) is 40.2 Å².